The fourth-order valence-corrected chi connectivity index (χ4v) is 1.91. The van der Waals surface area contributed by atoms with Gasteiger partial charge in [0, 0.05) is 32.6 Å². The number of para-hydroxylation sites is 1. The van der Waals surface area contributed by atoms with Gasteiger partial charge in [-0.15, -0.1) is 0 Å². The van der Waals surface area contributed by atoms with Crippen LogP contribution in [0.4, 0.5) is 0 Å². The van der Waals surface area contributed by atoms with E-state index in [4.69, 9.17) is 16.3 Å². The van der Waals surface area contributed by atoms with Gasteiger partial charge >= 0.3 is 0 Å². The highest BCUT2D eigenvalue weighted by Crippen LogP contribution is 2.28. The molecule has 0 saturated carbocycles. The third-order valence-electron chi connectivity index (χ3n) is 2.70. The van der Waals surface area contributed by atoms with Gasteiger partial charge in [-0.3, -0.25) is 4.79 Å². The summed E-state index contributed by atoms with van der Waals surface area (Å²) in [7, 11) is 5.38. The highest BCUT2D eigenvalue weighted by Gasteiger charge is 2.08. The summed E-state index contributed by atoms with van der Waals surface area (Å²) in [5, 5.41) is 3.68. The summed E-state index contributed by atoms with van der Waals surface area (Å²) in [6, 6.07) is 5.68. The molecule has 0 aliphatic rings. The first kappa shape index (κ1) is 15.8. The first-order chi connectivity index (χ1) is 9.06. The van der Waals surface area contributed by atoms with Gasteiger partial charge in [0.15, 0.2) is 0 Å². The van der Waals surface area contributed by atoms with Crippen LogP contribution in [-0.4, -0.2) is 38.6 Å². The number of amides is 1. The summed E-state index contributed by atoms with van der Waals surface area (Å²) in [6.07, 6.45) is 1.17. The Hall–Kier alpha value is -1.26. The summed E-state index contributed by atoms with van der Waals surface area (Å²) in [6.45, 7) is 1.19. The molecule has 4 nitrogen and oxygen atoms in total. The van der Waals surface area contributed by atoms with Gasteiger partial charge in [0.2, 0.25) is 5.91 Å². The van der Waals surface area contributed by atoms with Crippen molar-refractivity contribution >= 4 is 17.5 Å². The van der Waals surface area contributed by atoms with E-state index in [0.29, 0.717) is 36.8 Å². The molecular weight excluding hydrogens is 264 g/mol. The van der Waals surface area contributed by atoms with Crippen LogP contribution in [0.25, 0.3) is 0 Å². The molecular formula is C14H21ClN2O2. The van der Waals surface area contributed by atoms with Gasteiger partial charge < -0.3 is 15.0 Å². The Kier molecular flexibility index (Phi) is 6.67. The van der Waals surface area contributed by atoms with Gasteiger partial charge in [0.1, 0.15) is 5.75 Å². The maximum Gasteiger partial charge on any atom is 0.222 e. The monoisotopic (exact) mass is 284 g/mol. The molecule has 1 N–H and O–H groups in total. The third kappa shape index (κ3) is 5.09. The topological polar surface area (TPSA) is 41.6 Å². The van der Waals surface area contributed by atoms with Gasteiger partial charge in [-0.25, -0.2) is 0 Å². The maximum absolute atomic E-state index is 11.4. The molecule has 0 saturated heterocycles. The standard InChI is InChI=1S/C14H21ClN2O2/c1-16-10-11-6-4-7-12(15)14(11)19-9-5-8-13(18)17(2)3/h4,6-7,16H,5,8-10H2,1-3H3. The largest absolute Gasteiger partial charge is 0.492 e. The number of hydrogen-bond donors (Lipinski definition) is 1. The Labute approximate surface area is 119 Å². The van der Waals surface area contributed by atoms with Crippen molar-refractivity contribution in [2.24, 2.45) is 0 Å². The predicted octanol–water partition coefficient (Wildman–Crippen LogP) is 2.31. The van der Waals surface area contributed by atoms with Crippen molar-refractivity contribution in [1.29, 1.82) is 0 Å². The van der Waals surface area contributed by atoms with Crippen LogP contribution in [0, 0.1) is 0 Å². The van der Waals surface area contributed by atoms with Crippen LogP contribution in [0.5, 0.6) is 5.75 Å². The molecule has 0 radical (unpaired) electrons. The van der Waals surface area contributed by atoms with Crippen molar-refractivity contribution in [3.8, 4) is 5.75 Å². The molecule has 0 heterocycles. The second-order valence-electron chi connectivity index (χ2n) is 4.50. The van der Waals surface area contributed by atoms with E-state index in [1.807, 2.05) is 19.2 Å². The van der Waals surface area contributed by atoms with E-state index in [0.717, 1.165) is 5.56 Å². The number of hydrogen-bond acceptors (Lipinski definition) is 3. The first-order valence-corrected chi connectivity index (χ1v) is 6.69. The quantitative estimate of drug-likeness (QED) is 0.781. The zero-order valence-corrected chi connectivity index (χ0v) is 12.5. The molecule has 0 atom stereocenters. The Morgan fingerprint density at radius 1 is 1.42 bits per heavy atom. The predicted molar refractivity (Wildman–Crippen MR) is 77.6 cm³/mol. The molecule has 0 aliphatic carbocycles. The van der Waals surface area contributed by atoms with Crippen molar-refractivity contribution in [3.05, 3.63) is 28.8 Å². The van der Waals surface area contributed by atoms with Gasteiger partial charge in [0.25, 0.3) is 0 Å². The van der Waals surface area contributed by atoms with E-state index in [1.165, 1.54) is 0 Å². The molecule has 1 amide bonds. The van der Waals surface area contributed by atoms with Gasteiger partial charge in [-0.05, 0) is 19.5 Å². The average molecular weight is 285 g/mol. The second-order valence-corrected chi connectivity index (χ2v) is 4.91. The number of carbonyl (C=O) groups excluding carboxylic acids is 1. The van der Waals surface area contributed by atoms with Crippen LogP contribution in [0.2, 0.25) is 5.02 Å². The van der Waals surface area contributed by atoms with Gasteiger partial charge in [-0.1, -0.05) is 23.7 Å². The molecule has 1 aromatic carbocycles. The molecule has 0 bridgehead atoms. The van der Waals surface area contributed by atoms with Crippen molar-refractivity contribution in [2.45, 2.75) is 19.4 Å². The molecule has 0 aliphatic heterocycles. The van der Waals surface area contributed by atoms with Crippen LogP contribution in [0.3, 0.4) is 0 Å². The number of carbonyl (C=O) groups is 1. The lowest BCUT2D eigenvalue weighted by Crippen LogP contribution is -2.21. The zero-order valence-electron chi connectivity index (χ0n) is 11.7. The molecule has 1 rings (SSSR count). The molecule has 0 spiro atoms. The van der Waals surface area contributed by atoms with Gasteiger partial charge in [0.05, 0.1) is 11.6 Å². The van der Waals surface area contributed by atoms with Crippen LogP contribution in [-0.2, 0) is 11.3 Å². The van der Waals surface area contributed by atoms with E-state index in [9.17, 15) is 4.79 Å². The van der Waals surface area contributed by atoms with Crippen molar-refractivity contribution < 1.29 is 9.53 Å². The first-order valence-electron chi connectivity index (χ1n) is 6.31. The highest BCUT2D eigenvalue weighted by molar-refractivity contribution is 6.32. The Balaban J connectivity index is 2.51. The Morgan fingerprint density at radius 2 is 2.16 bits per heavy atom. The van der Waals surface area contributed by atoms with Gasteiger partial charge in [-0.2, -0.15) is 0 Å². The molecule has 0 aromatic heterocycles. The number of halogens is 1. The smallest absolute Gasteiger partial charge is 0.222 e. The SMILES string of the molecule is CNCc1cccc(Cl)c1OCCCC(=O)N(C)C. The second kappa shape index (κ2) is 8.02. The minimum Gasteiger partial charge on any atom is -0.492 e. The molecule has 1 aromatic rings. The van der Waals surface area contributed by atoms with Crippen LogP contribution >= 0.6 is 11.6 Å². The summed E-state index contributed by atoms with van der Waals surface area (Å²) >= 11 is 6.13. The van der Waals surface area contributed by atoms with Crippen molar-refractivity contribution in [1.82, 2.24) is 10.2 Å². The summed E-state index contributed by atoms with van der Waals surface area (Å²) in [5.41, 5.74) is 1.02. The van der Waals surface area contributed by atoms with Crippen molar-refractivity contribution in [3.63, 3.8) is 0 Å². The van der Waals surface area contributed by atoms with E-state index >= 15 is 0 Å². The number of ether oxygens (including phenoxy) is 1. The molecule has 0 unspecified atom stereocenters. The fourth-order valence-electron chi connectivity index (χ4n) is 1.67. The Morgan fingerprint density at radius 3 is 2.79 bits per heavy atom. The maximum atomic E-state index is 11.4. The number of rotatable bonds is 7. The summed E-state index contributed by atoms with van der Waals surface area (Å²) < 4.78 is 5.71. The van der Waals surface area contributed by atoms with E-state index in [1.54, 1.807) is 25.1 Å². The van der Waals surface area contributed by atoms with Crippen LogP contribution < -0.4 is 10.1 Å². The zero-order chi connectivity index (χ0) is 14.3. The molecule has 19 heavy (non-hydrogen) atoms. The molecule has 0 fully saturated rings. The normalized spacial score (nSPS) is 10.3. The summed E-state index contributed by atoms with van der Waals surface area (Å²) in [5.74, 6) is 0.814. The van der Waals surface area contributed by atoms with E-state index in [-0.39, 0.29) is 5.91 Å². The molecule has 5 heteroatoms. The number of nitrogens with one attached hydrogen (secondary N) is 1. The van der Waals surface area contributed by atoms with Crippen LogP contribution in [0.1, 0.15) is 18.4 Å². The van der Waals surface area contributed by atoms with Crippen molar-refractivity contribution in [2.75, 3.05) is 27.7 Å². The summed E-state index contributed by atoms with van der Waals surface area (Å²) in [4.78, 5) is 13.0. The van der Waals surface area contributed by atoms with E-state index in [2.05, 4.69) is 5.32 Å². The third-order valence-corrected chi connectivity index (χ3v) is 2.99. The fraction of sp³-hybridized carbons (Fsp3) is 0.500. The lowest BCUT2D eigenvalue weighted by Gasteiger charge is -2.14. The lowest BCUT2D eigenvalue weighted by molar-refractivity contribution is -0.128. The molecule has 106 valence electrons. The lowest BCUT2D eigenvalue weighted by atomic mass is 10.2. The minimum atomic E-state index is 0.109. The van der Waals surface area contributed by atoms with Crippen LogP contribution in [0.15, 0.2) is 18.2 Å². The Bertz CT molecular complexity index is 422. The van der Waals surface area contributed by atoms with E-state index < -0.39 is 0 Å². The highest BCUT2D eigenvalue weighted by atomic mass is 35.5. The minimum absolute atomic E-state index is 0.109. The number of benzene rings is 1. The number of nitrogens with zero attached hydrogens (tertiary/aromatic N) is 1. The average Bonchev–Trinajstić information content (AvgIpc) is 2.37.